The molecule has 0 amide bonds. The summed E-state index contributed by atoms with van der Waals surface area (Å²) in [5.41, 5.74) is 2.15. The van der Waals surface area contributed by atoms with Crippen molar-refractivity contribution in [1.82, 2.24) is 4.98 Å². The van der Waals surface area contributed by atoms with Gasteiger partial charge in [0.1, 0.15) is 11.6 Å². The molecule has 4 heteroatoms. The number of nitrogens with two attached hydrogens (primary N) is 1. The minimum atomic E-state index is 0.821. The maximum absolute atomic E-state index is 5.85. The molecule has 0 atom stereocenters. The van der Waals surface area contributed by atoms with Gasteiger partial charge in [-0.25, -0.2) is 10.8 Å². The highest BCUT2D eigenvalue weighted by Crippen LogP contribution is 2.28. The van der Waals surface area contributed by atoms with E-state index in [4.69, 9.17) is 10.6 Å². The van der Waals surface area contributed by atoms with Crippen LogP contribution in [0.25, 0.3) is 10.9 Å². The number of hydrogen-bond donors (Lipinski definition) is 1. The van der Waals surface area contributed by atoms with Crippen molar-refractivity contribution in [3.05, 3.63) is 29.8 Å². The van der Waals surface area contributed by atoms with Crippen LogP contribution in [0.5, 0.6) is 5.75 Å². The molecule has 0 unspecified atom stereocenters. The zero-order chi connectivity index (χ0) is 11.1. The lowest BCUT2D eigenvalue weighted by molar-refractivity contribution is 0.415. The minimum absolute atomic E-state index is 0.821. The van der Waals surface area contributed by atoms with Gasteiger partial charge < -0.3 is 4.74 Å². The molecular formula is C12H13N3O. The summed E-state index contributed by atoms with van der Waals surface area (Å²) in [5, 5.41) is 2.84. The maximum Gasteiger partial charge on any atom is 0.146 e. The summed E-state index contributed by atoms with van der Waals surface area (Å²) in [6.07, 6.45) is 0.973. The number of rotatable bonds is 1. The van der Waals surface area contributed by atoms with Crippen LogP contribution < -0.4 is 15.6 Å². The number of fused-ring (bicyclic) bond motifs is 2. The molecule has 0 spiro atoms. The first-order valence-electron chi connectivity index (χ1n) is 5.28. The predicted molar refractivity (Wildman–Crippen MR) is 63.5 cm³/mol. The highest BCUT2D eigenvalue weighted by molar-refractivity contribution is 5.83. The second-order valence-electron chi connectivity index (χ2n) is 3.97. The van der Waals surface area contributed by atoms with Gasteiger partial charge in [0.15, 0.2) is 0 Å². The number of nitrogens with zero attached hydrogens (tertiary/aromatic N) is 2. The number of hydrazine groups is 1. The molecule has 1 aliphatic rings. The fourth-order valence-corrected chi connectivity index (χ4v) is 2.09. The molecule has 2 heterocycles. The van der Waals surface area contributed by atoms with Crippen molar-refractivity contribution in [3.8, 4) is 5.75 Å². The minimum Gasteiger partial charge on any atom is -0.497 e. The Kier molecular flexibility index (Phi) is 1.97. The van der Waals surface area contributed by atoms with Gasteiger partial charge in [0.2, 0.25) is 0 Å². The number of hydrogen-bond acceptors (Lipinski definition) is 4. The van der Waals surface area contributed by atoms with Crippen LogP contribution in [0, 0.1) is 0 Å². The standard InChI is InChI=1S/C12H13N3O/c1-16-10-3-2-8-6-9-4-5-15(13)12(9)14-11(8)7-10/h2-3,6-7H,4-5,13H2,1H3. The van der Waals surface area contributed by atoms with Crippen LogP contribution in [0.15, 0.2) is 24.3 Å². The maximum atomic E-state index is 5.85. The Balaban J connectivity index is 2.23. The molecule has 16 heavy (non-hydrogen) atoms. The molecule has 4 nitrogen and oxygen atoms in total. The topological polar surface area (TPSA) is 51.4 Å². The average Bonchev–Trinajstić information content (AvgIpc) is 2.67. The van der Waals surface area contributed by atoms with Crippen LogP contribution in [0.1, 0.15) is 5.56 Å². The van der Waals surface area contributed by atoms with Crippen LogP contribution in [0.4, 0.5) is 5.82 Å². The SMILES string of the molecule is COc1ccc2cc3c(nc2c1)N(N)CC3. The molecule has 2 N–H and O–H groups in total. The second kappa shape index (κ2) is 3.35. The summed E-state index contributed by atoms with van der Waals surface area (Å²) in [4.78, 5) is 4.57. The zero-order valence-corrected chi connectivity index (χ0v) is 9.10. The normalized spacial score (nSPS) is 14.2. The summed E-state index contributed by atoms with van der Waals surface area (Å²) in [6.45, 7) is 0.843. The first-order chi connectivity index (χ1) is 7.78. The van der Waals surface area contributed by atoms with E-state index in [-0.39, 0.29) is 0 Å². The van der Waals surface area contributed by atoms with Gasteiger partial charge in [-0.15, -0.1) is 0 Å². The monoisotopic (exact) mass is 215 g/mol. The quantitative estimate of drug-likeness (QED) is 0.732. The van der Waals surface area contributed by atoms with Gasteiger partial charge in [0.05, 0.1) is 12.6 Å². The van der Waals surface area contributed by atoms with Gasteiger partial charge >= 0.3 is 0 Å². The van der Waals surface area contributed by atoms with E-state index in [1.165, 1.54) is 5.56 Å². The fraction of sp³-hybridized carbons (Fsp3) is 0.250. The Morgan fingerprint density at radius 1 is 1.38 bits per heavy atom. The lowest BCUT2D eigenvalue weighted by Crippen LogP contribution is -2.28. The average molecular weight is 215 g/mol. The van der Waals surface area contributed by atoms with Crippen LogP contribution in [-0.2, 0) is 6.42 Å². The number of aromatic nitrogens is 1. The predicted octanol–water partition coefficient (Wildman–Crippen LogP) is 1.48. The van der Waals surface area contributed by atoms with E-state index in [1.54, 1.807) is 12.1 Å². The molecule has 0 saturated carbocycles. The van der Waals surface area contributed by atoms with Crippen molar-refractivity contribution in [3.63, 3.8) is 0 Å². The largest absolute Gasteiger partial charge is 0.497 e. The smallest absolute Gasteiger partial charge is 0.146 e. The van der Waals surface area contributed by atoms with Gasteiger partial charge in [0.25, 0.3) is 0 Å². The number of ether oxygens (including phenoxy) is 1. The van der Waals surface area contributed by atoms with Gasteiger partial charge in [0, 0.05) is 18.0 Å². The zero-order valence-electron chi connectivity index (χ0n) is 9.10. The highest BCUT2D eigenvalue weighted by atomic mass is 16.5. The van der Waals surface area contributed by atoms with Gasteiger partial charge in [-0.3, -0.25) is 5.01 Å². The highest BCUT2D eigenvalue weighted by Gasteiger charge is 2.18. The molecule has 1 aromatic carbocycles. The van der Waals surface area contributed by atoms with Gasteiger partial charge in [-0.2, -0.15) is 0 Å². The van der Waals surface area contributed by atoms with Crippen molar-refractivity contribution < 1.29 is 4.74 Å². The summed E-state index contributed by atoms with van der Waals surface area (Å²) in [5.74, 6) is 7.56. The molecule has 0 radical (unpaired) electrons. The van der Waals surface area contributed by atoms with Gasteiger partial charge in [-0.1, -0.05) is 0 Å². The van der Waals surface area contributed by atoms with Crippen LogP contribution in [-0.4, -0.2) is 18.6 Å². The fourth-order valence-electron chi connectivity index (χ4n) is 2.09. The third-order valence-electron chi connectivity index (χ3n) is 2.97. The molecule has 0 aliphatic carbocycles. The summed E-state index contributed by atoms with van der Waals surface area (Å²) in [7, 11) is 1.66. The molecule has 1 aliphatic heterocycles. The second-order valence-corrected chi connectivity index (χ2v) is 3.97. The molecule has 3 rings (SSSR count). The number of anilines is 1. The van der Waals surface area contributed by atoms with Crippen molar-refractivity contribution >= 4 is 16.7 Å². The van der Waals surface area contributed by atoms with Crippen LogP contribution in [0.2, 0.25) is 0 Å². The number of benzene rings is 1. The lowest BCUT2D eigenvalue weighted by Gasteiger charge is -2.11. The summed E-state index contributed by atoms with van der Waals surface area (Å²) in [6, 6.07) is 8.07. The Labute approximate surface area is 93.6 Å². The van der Waals surface area contributed by atoms with E-state index in [9.17, 15) is 0 Å². The van der Waals surface area contributed by atoms with Crippen molar-refractivity contribution in [2.45, 2.75) is 6.42 Å². The van der Waals surface area contributed by atoms with Crippen LogP contribution >= 0.6 is 0 Å². The first-order valence-corrected chi connectivity index (χ1v) is 5.28. The Hall–Kier alpha value is -1.81. The van der Waals surface area contributed by atoms with E-state index in [2.05, 4.69) is 11.1 Å². The van der Waals surface area contributed by atoms with Crippen molar-refractivity contribution in [2.24, 2.45) is 5.84 Å². The molecule has 0 fully saturated rings. The molecule has 1 aromatic heterocycles. The molecule has 2 aromatic rings. The molecular weight excluding hydrogens is 202 g/mol. The Morgan fingerprint density at radius 2 is 2.25 bits per heavy atom. The molecule has 82 valence electrons. The van der Waals surface area contributed by atoms with E-state index in [1.807, 2.05) is 18.2 Å². The summed E-state index contributed by atoms with van der Waals surface area (Å²) >= 11 is 0. The molecule has 0 bridgehead atoms. The van der Waals surface area contributed by atoms with E-state index in [0.717, 1.165) is 35.4 Å². The number of pyridine rings is 1. The van der Waals surface area contributed by atoms with E-state index >= 15 is 0 Å². The van der Waals surface area contributed by atoms with E-state index in [0.29, 0.717) is 0 Å². The van der Waals surface area contributed by atoms with Gasteiger partial charge in [-0.05, 0) is 30.2 Å². The molecule has 0 saturated heterocycles. The Bertz CT molecular complexity index is 553. The van der Waals surface area contributed by atoms with E-state index < -0.39 is 0 Å². The third-order valence-corrected chi connectivity index (χ3v) is 2.97. The lowest BCUT2D eigenvalue weighted by atomic mass is 10.1. The van der Waals surface area contributed by atoms with Crippen LogP contribution in [0.3, 0.4) is 0 Å². The third kappa shape index (κ3) is 1.31. The number of methoxy groups -OCH3 is 1. The first kappa shape index (κ1) is 9.42. The van der Waals surface area contributed by atoms with Crippen molar-refractivity contribution in [1.29, 1.82) is 0 Å². The van der Waals surface area contributed by atoms with Crippen molar-refractivity contribution in [2.75, 3.05) is 18.7 Å². The Morgan fingerprint density at radius 3 is 3.06 bits per heavy atom. The summed E-state index contributed by atoms with van der Waals surface area (Å²) < 4.78 is 5.18.